The lowest BCUT2D eigenvalue weighted by molar-refractivity contribution is -0.119. The fraction of sp³-hybridized carbons (Fsp3) is 0.367. The molecule has 176 valence electrons. The molecule has 0 aromatic heterocycles. The SMILES string of the molecule is O=C1Nc2cc(CCCBr)ccc2C1(CCN1CCC(c2ccccc2)CC1)c1ccccc1. The van der Waals surface area contributed by atoms with Gasteiger partial charge in [0.15, 0.2) is 0 Å². The van der Waals surface area contributed by atoms with Crippen LogP contribution in [-0.2, 0) is 16.6 Å². The molecule has 1 atom stereocenters. The van der Waals surface area contributed by atoms with Crippen LogP contribution in [0.3, 0.4) is 0 Å². The van der Waals surface area contributed by atoms with Gasteiger partial charge in [-0.15, -0.1) is 0 Å². The van der Waals surface area contributed by atoms with Crippen molar-refractivity contribution in [1.82, 2.24) is 4.90 Å². The van der Waals surface area contributed by atoms with Crippen molar-refractivity contribution in [3.05, 3.63) is 101 Å². The molecule has 0 radical (unpaired) electrons. The van der Waals surface area contributed by atoms with E-state index in [4.69, 9.17) is 0 Å². The Bertz CT molecular complexity index is 1110. The summed E-state index contributed by atoms with van der Waals surface area (Å²) in [5.41, 5.74) is 5.33. The van der Waals surface area contributed by atoms with E-state index in [9.17, 15) is 4.79 Å². The molecule has 0 saturated carbocycles. The Morgan fingerprint density at radius 2 is 1.65 bits per heavy atom. The molecule has 1 amide bonds. The van der Waals surface area contributed by atoms with Gasteiger partial charge in [-0.3, -0.25) is 4.79 Å². The topological polar surface area (TPSA) is 32.3 Å². The number of rotatable bonds is 8. The van der Waals surface area contributed by atoms with E-state index < -0.39 is 5.41 Å². The molecule has 0 spiro atoms. The Hall–Kier alpha value is -2.43. The van der Waals surface area contributed by atoms with Gasteiger partial charge in [0.1, 0.15) is 5.41 Å². The van der Waals surface area contributed by atoms with E-state index in [2.05, 4.69) is 98.9 Å². The first-order valence-corrected chi connectivity index (χ1v) is 13.7. The summed E-state index contributed by atoms with van der Waals surface area (Å²) in [6.07, 6.45) is 5.27. The number of hydrogen-bond donors (Lipinski definition) is 1. The summed E-state index contributed by atoms with van der Waals surface area (Å²) in [5, 5.41) is 4.24. The lowest BCUT2D eigenvalue weighted by atomic mass is 9.72. The van der Waals surface area contributed by atoms with Gasteiger partial charge in [-0.05, 0) is 86.0 Å². The zero-order chi connectivity index (χ0) is 23.4. The van der Waals surface area contributed by atoms with E-state index in [-0.39, 0.29) is 5.91 Å². The summed E-state index contributed by atoms with van der Waals surface area (Å²) < 4.78 is 0. The molecule has 1 unspecified atom stereocenters. The Morgan fingerprint density at radius 3 is 2.35 bits per heavy atom. The van der Waals surface area contributed by atoms with Crippen LogP contribution >= 0.6 is 15.9 Å². The molecule has 2 aliphatic heterocycles. The van der Waals surface area contributed by atoms with Crippen molar-refractivity contribution >= 4 is 27.5 Å². The first-order chi connectivity index (χ1) is 16.7. The van der Waals surface area contributed by atoms with Crippen molar-refractivity contribution in [3.8, 4) is 0 Å². The molecule has 0 bridgehead atoms. The van der Waals surface area contributed by atoms with Crippen LogP contribution in [0.4, 0.5) is 5.69 Å². The lowest BCUT2D eigenvalue weighted by Gasteiger charge is -2.35. The van der Waals surface area contributed by atoms with E-state index in [0.29, 0.717) is 5.92 Å². The van der Waals surface area contributed by atoms with Crippen LogP contribution in [0, 0.1) is 0 Å². The van der Waals surface area contributed by atoms with Gasteiger partial charge in [-0.1, -0.05) is 88.7 Å². The third-order valence-corrected chi connectivity index (χ3v) is 8.27. The van der Waals surface area contributed by atoms with Gasteiger partial charge in [0.2, 0.25) is 5.91 Å². The van der Waals surface area contributed by atoms with Crippen molar-refractivity contribution in [3.63, 3.8) is 0 Å². The predicted octanol–water partition coefficient (Wildman–Crippen LogP) is 6.52. The van der Waals surface area contributed by atoms with Crippen LogP contribution in [0.2, 0.25) is 0 Å². The fourth-order valence-corrected chi connectivity index (χ4v) is 6.07. The number of halogens is 1. The van der Waals surface area contributed by atoms with Crippen LogP contribution in [0.1, 0.15) is 53.9 Å². The summed E-state index contributed by atoms with van der Waals surface area (Å²) >= 11 is 3.53. The summed E-state index contributed by atoms with van der Waals surface area (Å²) in [6.45, 7) is 3.10. The van der Waals surface area contributed by atoms with Gasteiger partial charge in [0.05, 0.1) is 0 Å². The Balaban J connectivity index is 1.36. The quantitative estimate of drug-likeness (QED) is 0.345. The second kappa shape index (κ2) is 10.5. The summed E-state index contributed by atoms with van der Waals surface area (Å²) in [4.78, 5) is 16.2. The maximum absolute atomic E-state index is 13.7. The highest BCUT2D eigenvalue weighted by Gasteiger charge is 2.48. The molecular formula is C30H33BrN2O. The minimum atomic E-state index is -0.624. The maximum atomic E-state index is 13.7. The lowest BCUT2D eigenvalue weighted by Crippen LogP contribution is -2.41. The average molecular weight is 518 g/mol. The molecule has 5 rings (SSSR count). The summed E-state index contributed by atoms with van der Waals surface area (Å²) in [6, 6.07) is 27.9. The maximum Gasteiger partial charge on any atom is 0.239 e. The number of aryl methyl sites for hydroxylation is 1. The molecule has 2 heterocycles. The minimum absolute atomic E-state index is 0.116. The van der Waals surface area contributed by atoms with Gasteiger partial charge in [0.25, 0.3) is 0 Å². The van der Waals surface area contributed by atoms with Gasteiger partial charge in [-0.2, -0.15) is 0 Å². The van der Waals surface area contributed by atoms with Crippen LogP contribution in [-0.4, -0.2) is 35.8 Å². The molecule has 1 saturated heterocycles. The number of alkyl halides is 1. The molecule has 1 N–H and O–H groups in total. The number of carbonyl (C=O) groups excluding carboxylic acids is 1. The fourth-order valence-electron chi connectivity index (χ4n) is 5.79. The number of carbonyl (C=O) groups is 1. The molecule has 4 heteroatoms. The van der Waals surface area contributed by atoms with Crippen molar-refractivity contribution < 1.29 is 4.79 Å². The van der Waals surface area contributed by atoms with Crippen LogP contribution in [0.25, 0.3) is 0 Å². The number of fused-ring (bicyclic) bond motifs is 1. The molecule has 3 aromatic carbocycles. The van der Waals surface area contributed by atoms with Crippen molar-refractivity contribution in [1.29, 1.82) is 0 Å². The third-order valence-electron chi connectivity index (χ3n) is 7.71. The number of likely N-dealkylation sites (tertiary alicyclic amines) is 1. The second-order valence-corrected chi connectivity index (χ2v) is 10.5. The second-order valence-electron chi connectivity index (χ2n) is 9.67. The number of amides is 1. The molecular weight excluding hydrogens is 484 g/mol. The van der Waals surface area contributed by atoms with E-state index in [1.807, 2.05) is 6.07 Å². The van der Waals surface area contributed by atoms with Gasteiger partial charge >= 0.3 is 0 Å². The van der Waals surface area contributed by atoms with Crippen molar-refractivity contribution in [2.75, 3.05) is 30.3 Å². The molecule has 3 aromatic rings. The van der Waals surface area contributed by atoms with Gasteiger partial charge in [0, 0.05) is 11.0 Å². The average Bonchev–Trinajstić information content (AvgIpc) is 3.18. The van der Waals surface area contributed by atoms with Crippen molar-refractivity contribution in [2.45, 2.75) is 43.4 Å². The van der Waals surface area contributed by atoms with Crippen LogP contribution < -0.4 is 5.32 Å². The standard InChI is InChI=1S/C30H33BrN2O/c31-18-7-8-23-13-14-27-28(22-23)32-29(34)30(27,26-11-5-2-6-12-26)17-21-33-19-15-25(16-20-33)24-9-3-1-4-10-24/h1-6,9-14,22,25H,7-8,15-21H2,(H,32,34). The normalized spacial score (nSPS) is 20.8. The molecule has 3 nitrogen and oxygen atoms in total. The van der Waals surface area contributed by atoms with Crippen LogP contribution in [0.15, 0.2) is 78.9 Å². The monoisotopic (exact) mass is 516 g/mol. The number of nitrogens with one attached hydrogen (secondary N) is 1. The largest absolute Gasteiger partial charge is 0.325 e. The van der Waals surface area contributed by atoms with E-state index in [1.54, 1.807) is 0 Å². The number of nitrogens with zero attached hydrogens (tertiary/aromatic N) is 1. The smallest absolute Gasteiger partial charge is 0.239 e. The zero-order valence-electron chi connectivity index (χ0n) is 19.7. The highest BCUT2D eigenvalue weighted by molar-refractivity contribution is 9.09. The third kappa shape index (κ3) is 4.58. The van der Waals surface area contributed by atoms with Crippen molar-refractivity contribution in [2.24, 2.45) is 0 Å². The molecule has 34 heavy (non-hydrogen) atoms. The molecule has 2 aliphatic rings. The van der Waals surface area contributed by atoms with E-state index in [0.717, 1.165) is 61.0 Å². The first kappa shape index (κ1) is 23.3. The van der Waals surface area contributed by atoms with Crippen LogP contribution in [0.5, 0.6) is 0 Å². The Morgan fingerprint density at radius 1 is 0.941 bits per heavy atom. The summed E-state index contributed by atoms with van der Waals surface area (Å²) in [7, 11) is 0. The Kier molecular flexibility index (Phi) is 7.17. The van der Waals surface area contributed by atoms with E-state index in [1.165, 1.54) is 24.0 Å². The number of anilines is 1. The van der Waals surface area contributed by atoms with Gasteiger partial charge < -0.3 is 10.2 Å². The Labute approximate surface area is 211 Å². The molecule has 1 fully saturated rings. The highest BCUT2D eigenvalue weighted by Crippen LogP contribution is 2.46. The molecule has 0 aliphatic carbocycles. The van der Waals surface area contributed by atoms with Gasteiger partial charge in [-0.25, -0.2) is 0 Å². The highest BCUT2D eigenvalue weighted by atomic mass is 79.9. The predicted molar refractivity (Wildman–Crippen MR) is 144 cm³/mol. The number of piperidine rings is 1. The minimum Gasteiger partial charge on any atom is -0.325 e. The number of benzene rings is 3. The zero-order valence-corrected chi connectivity index (χ0v) is 21.3. The summed E-state index contributed by atoms with van der Waals surface area (Å²) in [5.74, 6) is 0.763. The van der Waals surface area contributed by atoms with E-state index >= 15 is 0 Å². The first-order valence-electron chi connectivity index (χ1n) is 12.5. The number of hydrogen-bond acceptors (Lipinski definition) is 2.